The first-order valence-corrected chi connectivity index (χ1v) is 5.27. The Morgan fingerprint density at radius 2 is 2.00 bits per heavy atom. The summed E-state index contributed by atoms with van der Waals surface area (Å²) in [5, 5.41) is 9.79. The van der Waals surface area contributed by atoms with E-state index in [0.717, 1.165) is 11.1 Å². The second kappa shape index (κ2) is 4.58. The minimum atomic E-state index is -1.19. The van der Waals surface area contributed by atoms with Crippen molar-refractivity contribution in [1.82, 2.24) is 0 Å². The van der Waals surface area contributed by atoms with Gasteiger partial charge in [-0.25, -0.2) is 0 Å². The zero-order chi connectivity index (χ0) is 11.5. The highest BCUT2D eigenvalue weighted by atomic mass is 16.3. The standard InChI is InChI=1S/C13H18O2/c1-4-13(3,15)12(14)9-11-8-6-5-7-10(11)2/h5-8,15H,4,9H2,1-3H3. The number of hydrogen-bond acceptors (Lipinski definition) is 2. The third-order valence-corrected chi connectivity index (χ3v) is 2.90. The predicted octanol–water partition coefficient (Wildman–Crippen LogP) is 2.27. The maximum Gasteiger partial charge on any atom is 0.168 e. The first kappa shape index (κ1) is 11.9. The van der Waals surface area contributed by atoms with Gasteiger partial charge in [0.2, 0.25) is 0 Å². The zero-order valence-electron chi connectivity index (χ0n) is 9.58. The number of rotatable bonds is 4. The molecule has 1 rings (SSSR count). The number of hydrogen-bond donors (Lipinski definition) is 1. The van der Waals surface area contributed by atoms with Crippen LogP contribution in [0.4, 0.5) is 0 Å². The lowest BCUT2D eigenvalue weighted by Gasteiger charge is -2.19. The van der Waals surface area contributed by atoms with Crippen LogP contribution >= 0.6 is 0 Å². The number of carbonyl (C=O) groups is 1. The van der Waals surface area contributed by atoms with Gasteiger partial charge >= 0.3 is 0 Å². The third-order valence-electron chi connectivity index (χ3n) is 2.90. The molecule has 0 aromatic heterocycles. The van der Waals surface area contributed by atoms with E-state index in [1.165, 1.54) is 0 Å². The molecule has 1 aromatic rings. The van der Waals surface area contributed by atoms with Crippen LogP contribution in [0.25, 0.3) is 0 Å². The molecule has 1 atom stereocenters. The number of ketones is 1. The third kappa shape index (κ3) is 2.90. The van der Waals surface area contributed by atoms with Gasteiger partial charge in [0.15, 0.2) is 5.78 Å². The van der Waals surface area contributed by atoms with Gasteiger partial charge in [0.1, 0.15) is 5.60 Å². The molecule has 15 heavy (non-hydrogen) atoms. The second-order valence-corrected chi connectivity index (χ2v) is 4.15. The van der Waals surface area contributed by atoms with E-state index in [9.17, 15) is 9.90 Å². The van der Waals surface area contributed by atoms with Crippen molar-refractivity contribution in [2.45, 2.75) is 39.2 Å². The normalized spacial score (nSPS) is 14.7. The predicted molar refractivity (Wildman–Crippen MR) is 60.8 cm³/mol. The highest BCUT2D eigenvalue weighted by Crippen LogP contribution is 2.15. The quantitative estimate of drug-likeness (QED) is 0.820. The topological polar surface area (TPSA) is 37.3 Å². The highest BCUT2D eigenvalue weighted by molar-refractivity contribution is 5.88. The van der Waals surface area contributed by atoms with Gasteiger partial charge in [0.25, 0.3) is 0 Å². The number of Topliss-reactive ketones (excluding diaryl/α,β-unsaturated/α-hetero) is 1. The molecular weight excluding hydrogens is 188 g/mol. The Bertz CT molecular complexity index is 353. The highest BCUT2D eigenvalue weighted by Gasteiger charge is 2.27. The van der Waals surface area contributed by atoms with Crippen LogP contribution < -0.4 is 0 Å². The van der Waals surface area contributed by atoms with E-state index in [2.05, 4.69) is 0 Å². The Labute approximate surface area is 90.9 Å². The Morgan fingerprint density at radius 3 is 2.53 bits per heavy atom. The molecule has 0 saturated heterocycles. The summed E-state index contributed by atoms with van der Waals surface area (Å²) >= 11 is 0. The van der Waals surface area contributed by atoms with Gasteiger partial charge in [0, 0.05) is 6.42 Å². The van der Waals surface area contributed by atoms with Crippen LogP contribution in [-0.2, 0) is 11.2 Å². The summed E-state index contributed by atoms with van der Waals surface area (Å²) in [4.78, 5) is 11.8. The molecule has 0 radical (unpaired) electrons. The number of benzene rings is 1. The number of carbonyl (C=O) groups excluding carboxylic acids is 1. The molecule has 1 unspecified atom stereocenters. The molecule has 0 spiro atoms. The summed E-state index contributed by atoms with van der Waals surface area (Å²) in [6.45, 7) is 5.37. The summed E-state index contributed by atoms with van der Waals surface area (Å²) in [5.74, 6) is -0.112. The van der Waals surface area contributed by atoms with Crippen molar-refractivity contribution >= 4 is 5.78 Å². The van der Waals surface area contributed by atoms with Crippen molar-refractivity contribution in [3.05, 3.63) is 35.4 Å². The van der Waals surface area contributed by atoms with Crippen molar-refractivity contribution < 1.29 is 9.90 Å². The Hall–Kier alpha value is -1.15. The Morgan fingerprint density at radius 1 is 1.40 bits per heavy atom. The van der Waals surface area contributed by atoms with E-state index in [0.29, 0.717) is 12.8 Å². The van der Waals surface area contributed by atoms with Crippen LogP contribution in [0.15, 0.2) is 24.3 Å². The van der Waals surface area contributed by atoms with Crippen LogP contribution in [-0.4, -0.2) is 16.5 Å². The molecule has 0 aliphatic carbocycles. The molecule has 0 bridgehead atoms. The summed E-state index contributed by atoms with van der Waals surface area (Å²) in [7, 11) is 0. The van der Waals surface area contributed by atoms with E-state index in [1.54, 1.807) is 6.92 Å². The molecule has 1 aromatic carbocycles. The number of aryl methyl sites for hydroxylation is 1. The van der Waals surface area contributed by atoms with Crippen molar-refractivity contribution in [3.63, 3.8) is 0 Å². The van der Waals surface area contributed by atoms with Gasteiger partial charge in [-0.3, -0.25) is 4.79 Å². The molecule has 0 saturated carbocycles. The number of aliphatic hydroxyl groups is 1. The summed E-state index contributed by atoms with van der Waals surface area (Å²) in [6, 6.07) is 7.76. The van der Waals surface area contributed by atoms with Gasteiger partial charge in [0.05, 0.1) is 0 Å². The van der Waals surface area contributed by atoms with Crippen LogP contribution in [0, 0.1) is 6.92 Å². The Balaban J connectivity index is 2.80. The molecule has 0 fully saturated rings. The maximum atomic E-state index is 11.8. The van der Waals surface area contributed by atoms with E-state index in [1.807, 2.05) is 38.1 Å². The summed E-state index contributed by atoms with van der Waals surface area (Å²) < 4.78 is 0. The molecule has 2 heteroatoms. The molecule has 0 heterocycles. The molecule has 82 valence electrons. The van der Waals surface area contributed by atoms with Crippen LogP contribution in [0.3, 0.4) is 0 Å². The fourth-order valence-corrected chi connectivity index (χ4v) is 1.37. The molecule has 0 aliphatic heterocycles. The minimum absolute atomic E-state index is 0.112. The molecule has 2 nitrogen and oxygen atoms in total. The van der Waals surface area contributed by atoms with Gasteiger partial charge in [-0.15, -0.1) is 0 Å². The largest absolute Gasteiger partial charge is 0.382 e. The van der Waals surface area contributed by atoms with Gasteiger partial charge < -0.3 is 5.11 Å². The first-order chi connectivity index (χ1) is 6.97. The maximum absolute atomic E-state index is 11.8. The lowest BCUT2D eigenvalue weighted by atomic mass is 9.91. The van der Waals surface area contributed by atoms with Crippen molar-refractivity contribution in [2.75, 3.05) is 0 Å². The Kier molecular flexibility index (Phi) is 3.64. The molecule has 1 N–H and O–H groups in total. The van der Waals surface area contributed by atoms with Crippen molar-refractivity contribution in [1.29, 1.82) is 0 Å². The lowest BCUT2D eigenvalue weighted by molar-refractivity contribution is -0.135. The van der Waals surface area contributed by atoms with E-state index in [4.69, 9.17) is 0 Å². The average Bonchev–Trinajstić information content (AvgIpc) is 2.21. The van der Waals surface area contributed by atoms with Crippen LogP contribution in [0.1, 0.15) is 31.4 Å². The zero-order valence-corrected chi connectivity index (χ0v) is 9.58. The van der Waals surface area contributed by atoms with Gasteiger partial charge in [-0.05, 0) is 31.4 Å². The molecule has 0 amide bonds. The van der Waals surface area contributed by atoms with E-state index in [-0.39, 0.29) is 5.78 Å². The van der Waals surface area contributed by atoms with Crippen molar-refractivity contribution in [3.8, 4) is 0 Å². The SMILES string of the molecule is CCC(C)(O)C(=O)Cc1ccccc1C. The monoisotopic (exact) mass is 206 g/mol. The van der Waals surface area contributed by atoms with Crippen LogP contribution in [0.2, 0.25) is 0 Å². The first-order valence-electron chi connectivity index (χ1n) is 5.27. The fourth-order valence-electron chi connectivity index (χ4n) is 1.37. The van der Waals surface area contributed by atoms with Gasteiger partial charge in [-0.2, -0.15) is 0 Å². The molecular formula is C13H18O2. The fraction of sp³-hybridized carbons (Fsp3) is 0.462. The van der Waals surface area contributed by atoms with E-state index < -0.39 is 5.60 Å². The second-order valence-electron chi connectivity index (χ2n) is 4.15. The summed E-state index contributed by atoms with van der Waals surface area (Å²) in [6.07, 6.45) is 0.769. The van der Waals surface area contributed by atoms with Crippen LogP contribution in [0.5, 0.6) is 0 Å². The summed E-state index contributed by atoms with van der Waals surface area (Å²) in [5.41, 5.74) is 0.899. The smallest absolute Gasteiger partial charge is 0.168 e. The lowest BCUT2D eigenvalue weighted by Crippen LogP contribution is -2.35. The van der Waals surface area contributed by atoms with Crippen molar-refractivity contribution in [2.24, 2.45) is 0 Å². The molecule has 0 aliphatic rings. The minimum Gasteiger partial charge on any atom is -0.382 e. The van der Waals surface area contributed by atoms with E-state index >= 15 is 0 Å². The average molecular weight is 206 g/mol. The van der Waals surface area contributed by atoms with Gasteiger partial charge in [-0.1, -0.05) is 31.2 Å².